The van der Waals surface area contributed by atoms with Crippen molar-refractivity contribution in [3.63, 3.8) is 0 Å². The maximum absolute atomic E-state index is 11.6. The third kappa shape index (κ3) is 3.08. The van der Waals surface area contributed by atoms with E-state index in [0.717, 1.165) is 0 Å². The minimum atomic E-state index is -0.689. The van der Waals surface area contributed by atoms with Gasteiger partial charge in [0.1, 0.15) is 12.2 Å². The molecule has 0 aliphatic rings. The smallest absolute Gasteiger partial charge is 0.247 e. The summed E-state index contributed by atoms with van der Waals surface area (Å²) in [6.45, 7) is 1.63. The van der Waals surface area contributed by atoms with E-state index in [2.05, 4.69) is 20.6 Å². The Morgan fingerprint density at radius 3 is 3.12 bits per heavy atom. The van der Waals surface area contributed by atoms with Crippen molar-refractivity contribution in [1.29, 1.82) is 0 Å². The summed E-state index contributed by atoms with van der Waals surface area (Å²) in [6, 6.07) is 0. The average molecular weight is 253 g/mol. The van der Waals surface area contributed by atoms with Crippen molar-refractivity contribution in [3.05, 3.63) is 23.5 Å². The molecule has 90 valence electrons. The normalized spacial score (nSPS) is 12.4. The van der Waals surface area contributed by atoms with Crippen molar-refractivity contribution in [2.45, 2.75) is 19.6 Å². The largest absolute Gasteiger partial charge is 0.387 e. The van der Waals surface area contributed by atoms with Crippen molar-refractivity contribution in [2.75, 3.05) is 5.32 Å². The van der Waals surface area contributed by atoms with Crippen molar-refractivity contribution < 1.29 is 9.90 Å². The van der Waals surface area contributed by atoms with Gasteiger partial charge in [-0.15, -0.1) is 16.4 Å². The SMILES string of the molecule is CC(O)c1cn(CC(=O)Nc2nccs2)nn1. The van der Waals surface area contributed by atoms with E-state index in [1.54, 1.807) is 18.5 Å². The average Bonchev–Trinajstić information content (AvgIpc) is 2.88. The third-order valence-electron chi connectivity index (χ3n) is 1.97. The van der Waals surface area contributed by atoms with Crippen LogP contribution in [0.3, 0.4) is 0 Å². The molecule has 0 aromatic carbocycles. The molecule has 0 aliphatic carbocycles. The van der Waals surface area contributed by atoms with Gasteiger partial charge < -0.3 is 10.4 Å². The van der Waals surface area contributed by atoms with Crippen LogP contribution in [0.25, 0.3) is 0 Å². The van der Waals surface area contributed by atoms with Gasteiger partial charge in [-0.1, -0.05) is 5.21 Å². The minimum Gasteiger partial charge on any atom is -0.387 e. The highest BCUT2D eigenvalue weighted by Crippen LogP contribution is 2.10. The Kier molecular flexibility index (Phi) is 3.45. The zero-order chi connectivity index (χ0) is 12.3. The number of nitrogens with zero attached hydrogens (tertiary/aromatic N) is 4. The van der Waals surface area contributed by atoms with Crippen LogP contribution in [0.15, 0.2) is 17.8 Å². The zero-order valence-corrected chi connectivity index (χ0v) is 9.89. The van der Waals surface area contributed by atoms with E-state index in [1.807, 2.05) is 0 Å². The standard InChI is InChI=1S/C9H11N5O2S/c1-6(15)7-4-14(13-12-7)5-8(16)11-9-10-2-3-17-9/h2-4,6,15H,5H2,1H3,(H,10,11,16). The molecule has 1 amide bonds. The first-order valence-corrected chi connectivity index (χ1v) is 5.80. The molecule has 0 saturated heterocycles. The molecule has 0 radical (unpaired) electrons. The van der Waals surface area contributed by atoms with E-state index in [0.29, 0.717) is 10.8 Å². The Morgan fingerprint density at radius 2 is 2.53 bits per heavy atom. The Balaban J connectivity index is 1.93. The van der Waals surface area contributed by atoms with Crippen LogP contribution in [0.1, 0.15) is 18.7 Å². The van der Waals surface area contributed by atoms with Gasteiger partial charge in [-0.2, -0.15) is 0 Å². The van der Waals surface area contributed by atoms with E-state index in [-0.39, 0.29) is 12.5 Å². The van der Waals surface area contributed by atoms with Crippen molar-refractivity contribution in [1.82, 2.24) is 20.0 Å². The third-order valence-corrected chi connectivity index (χ3v) is 2.66. The molecule has 0 aliphatic heterocycles. The van der Waals surface area contributed by atoms with Gasteiger partial charge in [0.05, 0.1) is 12.3 Å². The van der Waals surface area contributed by atoms with Gasteiger partial charge in [-0.3, -0.25) is 4.79 Å². The Bertz CT molecular complexity index is 493. The highest BCUT2D eigenvalue weighted by molar-refractivity contribution is 7.13. The van der Waals surface area contributed by atoms with Crippen LogP contribution in [-0.4, -0.2) is 31.0 Å². The molecule has 2 aromatic rings. The maximum atomic E-state index is 11.6. The van der Waals surface area contributed by atoms with Crippen molar-refractivity contribution >= 4 is 22.4 Å². The number of nitrogens with one attached hydrogen (secondary N) is 1. The Hall–Kier alpha value is -1.80. The summed E-state index contributed by atoms with van der Waals surface area (Å²) in [5.74, 6) is -0.234. The van der Waals surface area contributed by atoms with Crippen LogP contribution in [0, 0.1) is 0 Å². The molecule has 0 fully saturated rings. The van der Waals surface area contributed by atoms with E-state index in [9.17, 15) is 9.90 Å². The number of rotatable bonds is 4. The first-order valence-electron chi connectivity index (χ1n) is 4.92. The highest BCUT2D eigenvalue weighted by atomic mass is 32.1. The minimum absolute atomic E-state index is 0.0410. The molecule has 2 rings (SSSR count). The van der Waals surface area contributed by atoms with Crippen LogP contribution in [-0.2, 0) is 11.3 Å². The summed E-state index contributed by atoms with van der Waals surface area (Å²) >= 11 is 1.34. The highest BCUT2D eigenvalue weighted by Gasteiger charge is 2.09. The second-order valence-corrected chi connectivity index (χ2v) is 4.30. The van der Waals surface area contributed by atoms with Crippen molar-refractivity contribution in [2.24, 2.45) is 0 Å². The molecular formula is C9H11N5O2S. The fourth-order valence-corrected chi connectivity index (χ4v) is 1.72. The predicted molar refractivity (Wildman–Crippen MR) is 61.4 cm³/mol. The molecule has 2 heterocycles. The summed E-state index contributed by atoms with van der Waals surface area (Å²) in [5, 5.41) is 21.7. The van der Waals surface area contributed by atoms with Crippen LogP contribution in [0.4, 0.5) is 5.13 Å². The fourth-order valence-electron chi connectivity index (χ4n) is 1.17. The van der Waals surface area contributed by atoms with Gasteiger partial charge in [0, 0.05) is 11.6 Å². The second kappa shape index (κ2) is 5.02. The van der Waals surface area contributed by atoms with Crippen LogP contribution in [0.5, 0.6) is 0 Å². The first kappa shape index (κ1) is 11.7. The summed E-state index contributed by atoms with van der Waals surface area (Å²) in [4.78, 5) is 15.5. The number of hydrogen-bond acceptors (Lipinski definition) is 6. The van der Waals surface area contributed by atoms with Gasteiger partial charge >= 0.3 is 0 Å². The maximum Gasteiger partial charge on any atom is 0.247 e. The molecule has 0 bridgehead atoms. The summed E-state index contributed by atoms with van der Waals surface area (Å²) in [5.41, 5.74) is 0.437. The number of aliphatic hydroxyl groups excluding tert-OH is 1. The van der Waals surface area contributed by atoms with Gasteiger partial charge in [0.25, 0.3) is 0 Å². The summed E-state index contributed by atoms with van der Waals surface area (Å²) < 4.78 is 1.37. The number of aliphatic hydroxyl groups is 1. The number of hydrogen-bond donors (Lipinski definition) is 2. The molecule has 17 heavy (non-hydrogen) atoms. The molecule has 7 nitrogen and oxygen atoms in total. The summed E-state index contributed by atoms with van der Waals surface area (Å²) in [7, 11) is 0. The predicted octanol–water partition coefficient (Wildman–Crippen LogP) is 0.427. The van der Waals surface area contributed by atoms with Crippen LogP contribution < -0.4 is 5.32 Å². The van der Waals surface area contributed by atoms with E-state index < -0.39 is 6.10 Å². The molecule has 0 saturated carbocycles. The number of thiazole rings is 1. The number of carbonyl (C=O) groups excluding carboxylic acids is 1. The number of anilines is 1. The van der Waals surface area contributed by atoms with Crippen LogP contribution in [0.2, 0.25) is 0 Å². The molecule has 8 heteroatoms. The second-order valence-electron chi connectivity index (χ2n) is 3.40. The number of amides is 1. The Morgan fingerprint density at radius 1 is 1.71 bits per heavy atom. The van der Waals surface area contributed by atoms with Gasteiger partial charge in [0.2, 0.25) is 5.91 Å². The molecule has 2 N–H and O–H groups in total. The van der Waals surface area contributed by atoms with Crippen molar-refractivity contribution in [3.8, 4) is 0 Å². The van der Waals surface area contributed by atoms with E-state index in [1.165, 1.54) is 22.2 Å². The van der Waals surface area contributed by atoms with Gasteiger partial charge in [0.15, 0.2) is 5.13 Å². The lowest BCUT2D eigenvalue weighted by atomic mass is 10.3. The molecular weight excluding hydrogens is 242 g/mol. The lowest BCUT2D eigenvalue weighted by molar-refractivity contribution is -0.116. The van der Waals surface area contributed by atoms with Gasteiger partial charge in [-0.25, -0.2) is 9.67 Å². The Labute approximate surface area is 101 Å². The first-order chi connectivity index (χ1) is 8.15. The molecule has 2 aromatic heterocycles. The monoisotopic (exact) mass is 253 g/mol. The lowest BCUT2D eigenvalue weighted by Gasteiger charge is -2.00. The number of aromatic nitrogens is 4. The van der Waals surface area contributed by atoms with Crippen LogP contribution >= 0.6 is 11.3 Å². The zero-order valence-electron chi connectivity index (χ0n) is 9.07. The molecule has 0 spiro atoms. The molecule has 1 unspecified atom stereocenters. The van der Waals surface area contributed by atoms with Gasteiger partial charge in [-0.05, 0) is 6.92 Å². The molecule has 1 atom stereocenters. The number of carbonyl (C=O) groups is 1. The summed E-state index contributed by atoms with van der Waals surface area (Å²) in [6.07, 6.45) is 2.46. The quantitative estimate of drug-likeness (QED) is 0.824. The lowest BCUT2D eigenvalue weighted by Crippen LogP contribution is -2.19. The van der Waals surface area contributed by atoms with E-state index >= 15 is 0 Å². The van der Waals surface area contributed by atoms with E-state index in [4.69, 9.17) is 0 Å². The topological polar surface area (TPSA) is 92.9 Å². The fraction of sp³-hybridized carbons (Fsp3) is 0.333.